The molecule has 0 saturated carbocycles. The van der Waals surface area contributed by atoms with Crippen LogP contribution in [0.3, 0.4) is 0 Å². The van der Waals surface area contributed by atoms with E-state index in [0.717, 1.165) is 63.8 Å². The number of nitrogens with one attached hydrogen (secondary N) is 4. The lowest BCUT2D eigenvalue weighted by Crippen LogP contribution is -2.42. The number of benzene rings is 3. The molecule has 4 atom stereocenters. The Morgan fingerprint density at radius 3 is 1.84 bits per heavy atom. The maximum Gasteiger partial charge on any atom is 0.407 e. The SMILES string of the molecule is COC(=O)N[C@@H](C(=O)N1CCCC1c1cnc2cc(-c3ccc(-c4cnc5nc([C@@H]6CCCN6C(=O)[C@H](NC(=O)OC)c6ccccc6)[nH]c5c4)cc3)[nH]c2c1)c1ccccc1. The van der Waals surface area contributed by atoms with Crippen LogP contribution in [0.5, 0.6) is 0 Å². The topological polar surface area (TPSA) is 188 Å². The van der Waals surface area contributed by atoms with Crippen LogP contribution in [0.4, 0.5) is 9.59 Å². The van der Waals surface area contributed by atoms with Crippen molar-refractivity contribution in [2.24, 2.45) is 0 Å². The van der Waals surface area contributed by atoms with E-state index in [1.165, 1.54) is 14.2 Å². The number of fused-ring (bicyclic) bond motifs is 2. The van der Waals surface area contributed by atoms with Gasteiger partial charge in [0.15, 0.2) is 5.65 Å². The quantitative estimate of drug-likeness (QED) is 0.107. The molecule has 0 aliphatic carbocycles. The normalized spacial score (nSPS) is 17.2. The van der Waals surface area contributed by atoms with Crippen molar-refractivity contribution in [1.29, 1.82) is 0 Å². The second-order valence-electron chi connectivity index (χ2n) is 15.5. The van der Waals surface area contributed by atoms with Gasteiger partial charge in [-0.3, -0.25) is 14.6 Å². The highest BCUT2D eigenvalue weighted by molar-refractivity contribution is 5.89. The van der Waals surface area contributed by atoms with Gasteiger partial charge < -0.3 is 39.9 Å². The predicted octanol–water partition coefficient (Wildman–Crippen LogP) is 7.69. The fourth-order valence-electron chi connectivity index (χ4n) is 8.68. The maximum absolute atomic E-state index is 14.0. The van der Waals surface area contributed by atoms with Crippen molar-refractivity contribution >= 4 is 46.2 Å². The molecule has 7 aromatic rings. The lowest BCUT2D eigenvalue weighted by atomic mass is 10.0. The molecule has 6 heterocycles. The Hall–Kier alpha value is -7.55. The summed E-state index contributed by atoms with van der Waals surface area (Å²) in [6.45, 7) is 1.09. The van der Waals surface area contributed by atoms with Gasteiger partial charge in [-0.1, -0.05) is 84.9 Å². The number of amides is 4. The molecule has 0 spiro atoms. The third-order valence-corrected chi connectivity index (χ3v) is 11.8. The number of H-pyrrole nitrogens is 2. The highest BCUT2D eigenvalue weighted by Gasteiger charge is 2.38. The van der Waals surface area contributed by atoms with E-state index in [1.807, 2.05) is 108 Å². The lowest BCUT2D eigenvalue weighted by Gasteiger charge is -2.29. The Morgan fingerprint density at radius 2 is 1.23 bits per heavy atom. The van der Waals surface area contributed by atoms with Crippen molar-refractivity contribution in [2.45, 2.75) is 49.9 Å². The molecule has 4 amide bonds. The number of alkyl carbamates (subject to hydrolysis) is 2. The second-order valence-corrected chi connectivity index (χ2v) is 15.5. The van der Waals surface area contributed by atoms with Gasteiger partial charge in [-0.2, -0.15) is 0 Å². The Morgan fingerprint density at radius 1 is 0.645 bits per heavy atom. The van der Waals surface area contributed by atoms with Gasteiger partial charge in [0, 0.05) is 36.7 Å². The summed E-state index contributed by atoms with van der Waals surface area (Å²) in [5.74, 6) is 0.209. The van der Waals surface area contributed by atoms with Crippen LogP contribution in [0.2, 0.25) is 0 Å². The van der Waals surface area contributed by atoms with Gasteiger partial charge >= 0.3 is 12.2 Å². The molecule has 0 radical (unpaired) electrons. The number of pyridine rings is 2. The Labute approximate surface area is 356 Å². The van der Waals surface area contributed by atoms with Crippen LogP contribution in [-0.4, -0.2) is 86.0 Å². The molecule has 15 heteroatoms. The first-order valence-corrected chi connectivity index (χ1v) is 20.6. The van der Waals surface area contributed by atoms with E-state index in [9.17, 15) is 19.2 Å². The van der Waals surface area contributed by atoms with Crippen molar-refractivity contribution in [2.75, 3.05) is 27.3 Å². The number of aromatic nitrogens is 5. The minimum atomic E-state index is -0.905. The van der Waals surface area contributed by atoms with Gasteiger partial charge in [-0.05, 0) is 71.7 Å². The standard InChI is InChI=1S/C47H45N9O6/c1-61-46(59)52-40(30-11-5-3-6-12-30)44(57)55-21-9-15-38(55)33-24-36-35(48-27-33)25-34(50-36)29-19-17-28(18-20-29)32-23-37-42(49-26-32)54-43(51-37)39-16-10-22-56(39)45(58)41(53-47(60)62-2)31-13-7-4-8-14-31/h3-8,11-14,17-20,23-27,38-41,50H,9-10,15-16,21-22H2,1-2H3,(H,52,59)(H,53,60)(H,49,51,54)/t38?,39-,40+,41+/m0/s1. The number of carbonyl (C=O) groups excluding carboxylic acids is 4. The minimum absolute atomic E-state index is 0.199. The predicted molar refractivity (Wildman–Crippen MR) is 231 cm³/mol. The number of aromatic amines is 2. The van der Waals surface area contributed by atoms with Gasteiger partial charge in [-0.15, -0.1) is 0 Å². The van der Waals surface area contributed by atoms with Crippen molar-refractivity contribution in [1.82, 2.24) is 45.4 Å². The van der Waals surface area contributed by atoms with Crippen molar-refractivity contribution in [3.05, 3.63) is 138 Å². The highest BCUT2D eigenvalue weighted by Crippen LogP contribution is 2.37. The van der Waals surface area contributed by atoms with Crippen LogP contribution in [-0.2, 0) is 19.1 Å². The van der Waals surface area contributed by atoms with E-state index in [0.29, 0.717) is 42.1 Å². The van der Waals surface area contributed by atoms with E-state index < -0.39 is 24.3 Å². The Bertz CT molecular complexity index is 2650. The Kier molecular flexibility index (Phi) is 11.1. The summed E-state index contributed by atoms with van der Waals surface area (Å²) in [4.78, 5) is 77.4. The van der Waals surface area contributed by atoms with Crippen LogP contribution >= 0.6 is 0 Å². The third-order valence-electron chi connectivity index (χ3n) is 11.8. The van der Waals surface area contributed by atoms with Gasteiger partial charge in [0.05, 0.1) is 42.9 Å². The van der Waals surface area contributed by atoms with Crippen molar-refractivity contribution in [3.8, 4) is 22.4 Å². The fourth-order valence-corrected chi connectivity index (χ4v) is 8.68. The summed E-state index contributed by atoms with van der Waals surface area (Å²) < 4.78 is 9.68. The average molecular weight is 832 g/mol. The Balaban J connectivity index is 0.910. The van der Waals surface area contributed by atoms with Crippen LogP contribution in [0.1, 0.15) is 72.4 Å². The summed E-state index contributed by atoms with van der Waals surface area (Å²) in [6, 6.07) is 30.3. The molecule has 1 unspecified atom stereocenters. The zero-order valence-electron chi connectivity index (χ0n) is 34.2. The smallest absolute Gasteiger partial charge is 0.407 e. The first-order valence-electron chi connectivity index (χ1n) is 20.6. The van der Waals surface area contributed by atoms with E-state index in [1.54, 1.807) is 11.1 Å². The van der Waals surface area contributed by atoms with Gasteiger partial charge in [0.25, 0.3) is 5.91 Å². The number of nitrogens with zero attached hydrogens (tertiary/aromatic N) is 5. The molecule has 4 aromatic heterocycles. The summed E-state index contributed by atoms with van der Waals surface area (Å²) in [6.07, 6.45) is 5.39. The molecule has 4 N–H and O–H groups in total. The number of likely N-dealkylation sites (tertiary alicyclic amines) is 2. The summed E-state index contributed by atoms with van der Waals surface area (Å²) in [5, 5.41) is 5.44. The van der Waals surface area contributed by atoms with Crippen molar-refractivity contribution in [3.63, 3.8) is 0 Å². The number of carbonyl (C=O) groups is 4. The monoisotopic (exact) mass is 831 g/mol. The molecule has 0 bridgehead atoms. The molecule has 2 aliphatic rings. The molecule has 2 fully saturated rings. The average Bonchev–Trinajstić information content (AvgIpc) is 4.16. The second kappa shape index (κ2) is 17.2. The van der Waals surface area contributed by atoms with Gasteiger partial charge in [0.2, 0.25) is 5.91 Å². The molecule has 15 nitrogen and oxygen atoms in total. The summed E-state index contributed by atoms with van der Waals surface area (Å²) in [5.41, 5.74) is 8.98. The van der Waals surface area contributed by atoms with Crippen LogP contribution in [0.25, 0.3) is 44.6 Å². The van der Waals surface area contributed by atoms with E-state index in [2.05, 4.69) is 31.7 Å². The number of hydrogen-bond acceptors (Lipinski definition) is 9. The third kappa shape index (κ3) is 7.91. The van der Waals surface area contributed by atoms with Gasteiger partial charge in [0.1, 0.15) is 17.9 Å². The number of ether oxygens (including phenoxy) is 2. The fraction of sp³-hybridized carbons (Fsp3) is 0.255. The zero-order chi connectivity index (χ0) is 42.7. The molecule has 62 heavy (non-hydrogen) atoms. The number of methoxy groups -OCH3 is 2. The van der Waals surface area contributed by atoms with Crippen LogP contribution in [0.15, 0.2) is 116 Å². The van der Waals surface area contributed by atoms with Gasteiger partial charge in [-0.25, -0.2) is 19.6 Å². The molecule has 9 rings (SSSR count). The number of hydrogen-bond donors (Lipinski definition) is 4. The lowest BCUT2D eigenvalue weighted by molar-refractivity contribution is -0.135. The van der Waals surface area contributed by atoms with Crippen LogP contribution < -0.4 is 10.6 Å². The largest absolute Gasteiger partial charge is 0.453 e. The zero-order valence-corrected chi connectivity index (χ0v) is 34.2. The summed E-state index contributed by atoms with van der Waals surface area (Å²) in [7, 11) is 2.56. The molecule has 2 saturated heterocycles. The number of rotatable bonds is 10. The van der Waals surface area contributed by atoms with E-state index in [4.69, 9.17) is 19.4 Å². The first kappa shape index (κ1) is 39.9. The molecular formula is C47H45N9O6. The van der Waals surface area contributed by atoms with Crippen molar-refractivity contribution < 1.29 is 28.7 Å². The molecule has 314 valence electrons. The maximum atomic E-state index is 14.0. The first-order chi connectivity index (χ1) is 30.3. The highest BCUT2D eigenvalue weighted by atomic mass is 16.5. The minimum Gasteiger partial charge on any atom is -0.453 e. The molecule has 2 aliphatic heterocycles. The van der Waals surface area contributed by atoms with Crippen LogP contribution in [0, 0.1) is 0 Å². The molecular weight excluding hydrogens is 787 g/mol. The van der Waals surface area contributed by atoms with E-state index >= 15 is 0 Å². The molecule has 3 aromatic carbocycles. The summed E-state index contributed by atoms with van der Waals surface area (Å²) >= 11 is 0. The van der Waals surface area contributed by atoms with E-state index in [-0.39, 0.29) is 23.9 Å². The number of imidazole rings is 1.